The van der Waals surface area contributed by atoms with Gasteiger partial charge in [-0.1, -0.05) is 0 Å². The first-order valence-corrected chi connectivity index (χ1v) is 6.79. The Morgan fingerprint density at radius 2 is 1.89 bits per heavy atom. The quantitative estimate of drug-likeness (QED) is 0.681. The number of nitrogens with zero attached hydrogens (tertiary/aromatic N) is 1. The first-order valence-electron chi connectivity index (χ1n) is 6.79. The first kappa shape index (κ1) is 15.0. The van der Waals surface area contributed by atoms with Crippen molar-refractivity contribution in [3.8, 4) is 0 Å². The highest BCUT2D eigenvalue weighted by atomic mass is 16.3. The number of carbonyl (C=O) groups is 2. The van der Waals surface area contributed by atoms with Gasteiger partial charge in [0.2, 0.25) is 11.8 Å². The summed E-state index contributed by atoms with van der Waals surface area (Å²) in [6.45, 7) is 3.86. The lowest BCUT2D eigenvalue weighted by molar-refractivity contribution is -0.133. The molecular weight excluding hydrogens is 232 g/mol. The molecule has 2 N–H and O–H groups in total. The molecule has 0 radical (unpaired) electrons. The Kier molecular flexibility index (Phi) is 6.72. The number of hydrogen-bond acceptors (Lipinski definition) is 3. The van der Waals surface area contributed by atoms with Crippen molar-refractivity contribution in [1.29, 1.82) is 0 Å². The van der Waals surface area contributed by atoms with Crippen LogP contribution in [0, 0.1) is 5.92 Å². The monoisotopic (exact) mass is 256 g/mol. The van der Waals surface area contributed by atoms with E-state index in [4.69, 9.17) is 5.11 Å². The second-order valence-corrected chi connectivity index (χ2v) is 4.86. The van der Waals surface area contributed by atoms with Gasteiger partial charge in [0.25, 0.3) is 0 Å². The molecule has 0 atom stereocenters. The predicted octanol–water partition coefficient (Wildman–Crippen LogP) is 0.524. The van der Waals surface area contributed by atoms with Crippen LogP contribution in [0.25, 0.3) is 0 Å². The normalized spacial score (nSPS) is 16.7. The van der Waals surface area contributed by atoms with Gasteiger partial charge in [-0.15, -0.1) is 0 Å². The molecule has 18 heavy (non-hydrogen) atoms. The summed E-state index contributed by atoms with van der Waals surface area (Å²) in [5, 5.41) is 11.6. The molecule has 0 bridgehead atoms. The summed E-state index contributed by atoms with van der Waals surface area (Å²) in [7, 11) is 0. The summed E-state index contributed by atoms with van der Waals surface area (Å²) in [5.74, 6) is 0.263. The van der Waals surface area contributed by atoms with E-state index in [0.29, 0.717) is 19.6 Å². The van der Waals surface area contributed by atoms with E-state index in [1.54, 1.807) is 11.8 Å². The minimum Gasteiger partial charge on any atom is -0.396 e. The van der Waals surface area contributed by atoms with Gasteiger partial charge in [0.05, 0.1) is 0 Å². The molecule has 1 heterocycles. The Morgan fingerprint density at radius 1 is 1.22 bits per heavy atom. The summed E-state index contributed by atoms with van der Waals surface area (Å²) < 4.78 is 0. The fourth-order valence-corrected chi connectivity index (χ4v) is 2.23. The van der Waals surface area contributed by atoms with E-state index in [-0.39, 0.29) is 24.3 Å². The van der Waals surface area contributed by atoms with Crippen molar-refractivity contribution in [3.05, 3.63) is 0 Å². The molecule has 0 saturated carbocycles. The maximum Gasteiger partial charge on any atom is 0.223 e. The zero-order valence-electron chi connectivity index (χ0n) is 11.2. The molecular formula is C13H24N2O3. The number of piperidine rings is 1. The predicted molar refractivity (Wildman–Crippen MR) is 68.9 cm³/mol. The SMILES string of the molecule is CC(=O)N1CCC(C(=O)NCCCCCO)CC1. The summed E-state index contributed by atoms with van der Waals surface area (Å²) in [6.07, 6.45) is 4.19. The van der Waals surface area contributed by atoms with Crippen molar-refractivity contribution in [1.82, 2.24) is 10.2 Å². The molecule has 0 unspecified atom stereocenters. The van der Waals surface area contributed by atoms with Crippen LogP contribution < -0.4 is 5.32 Å². The van der Waals surface area contributed by atoms with Crippen LogP contribution in [-0.4, -0.2) is 48.1 Å². The number of aliphatic hydroxyl groups is 1. The lowest BCUT2D eigenvalue weighted by atomic mass is 9.96. The van der Waals surface area contributed by atoms with Crippen LogP contribution in [0.4, 0.5) is 0 Å². The minimum atomic E-state index is 0.0541. The lowest BCUT2D eigenvalue weighted by Gasteiger charge is -2.30. The van der Waals surface area contributed by atoms with Crippen LogP contribution in [-0.2, 0) is 9.59 Å². The molecule has 0 aromatic rings. The van der Waals surface area contributed by atoms with Crippen LogP contribution in [0.15, 0.2) is 0 Å². The maximum atomic E-state index is 11.8. The largest absolute Gasteiger partial charge is 0.396 e. The van der Waals surface area contributed by atoms with Crippen molar-refractivity contribution >= 4 is 11.8 Å². The lowest BCUT2D eigenvalue weighted by Crippen LogP contribution is -2.42. The average Bonchev–Trinajstić information content (AvgIpc) is 2.38. The molecule has 0 aliphatic carbocycles. The highest BCUT2D eigenvalue weighted by Gasteiger charge is 2.25. The standard InChI is InChI=1S/C13H24N2O3/c1-11(17)15-8-5-12(6-9-15)13(18)14-7-3-2-4-10-16/h12,16H,2-10H2,1H3,(H,14,18). The first-order chi connectivity index (χ1) is 8.65. The van der Waals surface area contributed by atoms with E-state index in [9.17, 15) is 9.59 Å². The third-order valence-electron chi connectivity index (χ3n) is 3.45. The zero-order valence-corrected chi connectivity index (χ0v) is 11.2. The number of likely N-dealkylation sites (tertiary alicyclic amines) is 1. The van der Waals surface area contributed by atoms with Crippen LogP contribution >= 0.6 is 0 Å². The summed E-state index contributed by atoms with van der Waals surface area (Å²) in [4.78, 5) is 24.8. The topological polar surface area (TPSA) is 69.6 Å². The Labute approximate surface area is 109 Å². The second-order valence-electron chi connectivity index (χ2n) is 4.86. The van der Waals surface area contributed by atoms with Gasteiger partial charge in [-0.25, -0.2) is 0 Å². The molecule has 5 heteroatoms. The van der Waals surface area contributed by atoms with Crippen LogP contribution in [0.3, 0.4) is 0 Å². The summed E-state index contributed by atoms with van der Waals surface area (Å²) >= 11 is 0. The van der Waals surface area contributed by atoms with Crippen LogP contribution in [0.1, 0.15) is 39.0 Å². The minimum absolute atomic E-state index is 0.0541. The third kappa shape index (κ3) is 5.04. The fraction of sp³-hybridized carbons (Fsp3) is 0.846. The number of unbranched alkanes of at least 4 members (excludes halogenated alkanes) is 2. The number of amides is 2. The van der Waals surface area contributed by atoms with Crippen LogP contribution in [0.5, 0.6) is 0 Å². The Bertz CT molecular complexity index is 273. The summed E-state index contributed by atoms with van der Waals surface area (Å²) in [6, 6.07) is 0. The van der Waals surface area contributed by atoms with Crippen molar-refractivity contribution < 1.29 is 14.7 Å². The molecule has 104 valence electrons. The van der Waals surface area contributed by atoms with E-state index >= 15 is 0 Å². The number of hydrogen-bond donors (Lipinski definition) is 2. The zero-order chi connectivity index (χ0) is 13.4. The molecule has 0 aromatic carbocycles. The van der Waals surface area contributed by atoms with E-state index < -0.39 is 0 Å². The Balaban J connectivity index is 2.14. The van der Waals surface area contributed by atoms with Crippen LogP contribution in [0.2, 0.25) is 0 Å². The molecule has 1 aliphatic heterocycles. The van der Waals surface area contributed by atoms with Gasteiger partial charge in [0.1, 0.15) is 0 Å². The number of aliphatic hydroxyl groups excluding tert-OH is 1. The van der Waals surface area contributed by atoms with Gasteiger partial charge in [-0.3, -0.25) is 9.59 Å². The molecule has 1 aliphatic rings. The second kappa shape index (κ2) is 8.08. The van der Waals surface area contributed by atoms with E-state index in [1.807, 2.05) is 0 Å². The number of rotatable bonds is 6. The third-order valence-corrected chi connectivity index (χ3v) is 3.45. The van der Waals surface area contributed by atoms with Crippen molar-refractivity contribution in [2.24, 2.45) is 5.92 Å². The molecule has 5 nitrogen and oxygen atoms in total. The molecule has 1 rings (SSSR count). The highest BCUT2D eigenvalue weighted by molar-refractivity contribution is 5.79. The maximum absolute atomic E-state index is 11.8. The van der Waals surface area contributed by atoms with Crippen molar-refractivity contribution in [2.45, 2.75) is 39.0 Å². The molecule has 1 saturated heterocycles. The van der Waals surface area contributed by atoms with E-state index in [1.165, 1.54) is 0 Å². The average molecular weight is 256 g/mol. The van der Waals surface area contributed by atoms with Gasteiger partial charge >= 0.3 is 0 Å². The smallest absolute Gasteiger partial charge is 0.223 e. The highest BCUT2D eigenvalue weighted by Crippen LogP contribution is 2.17. The molecule has 0 spiro atoms. The number of nitrogens with one attached hydrogen (secondary N) is 1. The van der Waals surface area contributed by atoms with Gasteiger partial charge in [-0.05, 0) is 32.1 Å². The Hall–Kier alpha value is -1.10. The summed E-state index contributed by atoms with van der Waals surface area (Å²) in [5.41, 5.74) is 0. The molecule has 1 fully saturated rings. The van der Waals surface area contributed by atoms with E-state index in [0.717, 1.165) is 32.1 Å². The van der Waals surface area contributed by atoms with Crippen molar-refractivity contribution in [3.63, 3.8) is 0 Å². The number of carbonyl (C=O) groups excluding carboxylic acids is 2. The molecule has 0 aromatic heterocycles. The van der Waals surface area contributed by atoms with Crippen molar-refractivity contribution in [2.75, 3.05) is 26.2 Å². The van der Waals surface area contributed by atoms with Gasteiger partial charge in [0, 0.05) is 39.1 Å². The van der Waals surface area contributed by atoms with Gasteiger partial charge < -0.3 is 15.3 Å². The Morgan fingerprint density at radius 3 is 2.44 bits per heavy atom. The van der Waals surface area contributed by atoms with E-state index in [2.05, 4.69) is 5.32 Å². The molecule has 2 amide bonds. The van der Waals surface area contributed by atoms with Gasteiger partial charge in [-0.2, -0.15) is 0 Å². The fourth-order valence-electron chi connectivity index (χ4n) is 2.23. The van der Waals surface area contributed by atoms with Gasteiger partial charge in [0.15, 0.2) is 0 Å².